The number of hydrogen-bond donors (Lipinski definition) is 0. The highest BCUT2D eigenvalue weighted by Crippen LogP contribution is 2.25. The predicted molar refractivity (Wildman–Crippen MR) is 115 cm³/mol. The smallest absolute Gasteiger partial charge is 0.262 e. The van der Waals surface area contributed by atoms with Crippen LogP contribution in [0.2, 0.25) is 0 Å². The SMILES string of the molecule is C[C@@H](c1ccccc1)n1c(SCC(=O)N(C)CCC#N)nc2ccccc2c1=O. The number of aromatic nitrogens is 2. The van der Waals surface area contributed by atoms with Crippen molar-refractivity contribution in [2.24, 2.45) is 0 Å². The minimum absolute atomic E-state index is 0.105. The number of nitriles is 1. The minimum atomic E-state index is -0.227. The molecule has 7 heteroatoms. The van der Waals surface area contributed by atoms with E-state index in [2.05, 4.69) is 4.98 Å². The molecule has 0 aliphatic rings. The van der Waals surface area contributed by atoms with Crippen LogP contribution in [0.1, 0.15) is 24.9 Å². The van der Waals surface area contributed by atoms with Crippen LogP contribution in [0, 0.1) is 11.3 Å². The Morgan fingerprint density at radius 3 is 2.62 bits per heavy atom. The highest BCUT2D eigenvalue weighted by molar-refractivity contribution is 7.99. The van der Waals surface area contributed by atoms with Crippen molar-refractivity contribution in [2.45, 2.75) is 24.5 Å². The largest absolute Gasteiger partial charge is 0.344 e. The van der Waals surface area contributed by atoms with Gasteiger partial charge in [-0.1, -0.05) is 54.2 Å². The van der Waals surface area contributed by atoms with Gasteiger partial charge in [0.15, 0.2) is 5.16 Å². The molecule has 148 valence electrons. The molecule has 1 aromatic heterocycles. The van der Waals surface area contributed by atoms with Crippen LogP contribution in [-0.4, -0.2) is 39.7 Å². The lowest BCUT2D eigenvalue weighted by Gasteiger charge is -2.20. The number of carbonyl (C=O) groups excluding carboxylic acids is 1. The second-order valence-electron chi connectivity index (χ2n) is 6.69. The van der Waals surface area contributed by atoms with Crippen LogP contribution in [0.25, 0.3) is 10.9 Å². The van der Waals surface area contributed by atoms with E-state index in [4.69, 9.17) is 5.26 Å². The molecule has 1 atom stereocenters. The standard InChI is InChI=1S/C22H22N4O2S/c1-16(17-9-4-3-5-10-17)26-21(28)18-11-6-7-12-19(18)24-22(26)29-15-20(27)25(2)14-8-13-23/h3-7,9-12,16H,8,14-15H2,1-2H3/t16-/m0/s1. The summed E-state index contributed by atoms with van der Waals surface area (Å²) in [5, 5.41) is 9.76. The van der Waals surface area contributed by atoms with Crippen LogP contribution in [0.5, 0.6) is 0 Å². The van der Waals surface area contributed by atoms with Crippen molar-refractivity contribution in [3.63, 3.8) is 0 Å². The van der Waals surface area contributed by atoms with Gasteiger partial charge in [0.25, 0.3) is 5.56 Å². The summed E-state index contributed by atoms with van der Waals surface area (Å²) in [6, 6.07) is 18.8. The van der Waals surface area contributed by atoms with E-state index in [9.17, 15) is 9.59 Å². The first-order valence-electron chi connectivity index (χ1n) is 9.33. The number of rotatable bonds is 7. The zero-order valence-corrected chi connectivity index (χ0v) is 17.2. The fourth-order valence-corrected chi connectivity index (χ4v) is 4.04. The van der Waals surface area contributed by atoms with Crippen molar-refractivity contribution >= 4 is 28.6 Å². The van der Waals surface area contributed by atoms with Gasteiger partial charge in [-0.3, -0.25) is 14.2 Å². The van der Waals surface area contributed by atoms with Gasteiger partial charge < -0.3 is 4.90 Å². The van der Waals surface area contributed by atoms with Crippen molar-refractivity contribution in [3.8, 4) is 6.07 Å². The second-order valence-corrected chi connectivity index (χ2v) is 7.63. The lowest BCUT2D eigenvalue weighted by atomic mass is 10.1. The van der Waals surface area contributed by atoms with Gasteiger partial charge in [-0.25, -0.2) is 4.98 Å². The fraction of sp³-hybridized carbons (Fsp3) is 0.273. The van der Waals surface area contributed by atoms with Gasteiger partial charge >= 0.3 is 0 Å². The highest BCUT2D eigenvalue weighted by Gasteiger charge is 2.19. The van der Waals surface area contributed by atoms with E-state index in [-0.39, 0.29) is 29.7 Å². The maximum atomic E-state index is 13.3. The summed E-state index contributed by atoms with van der Waals surface area (Å²) < 4.78 is 1.66. The van der Waals surface area contributed by atoms with E-state index in [1.807, 2.05) is 55.5 Å². The highest BCUT2D eigenvalue weighted by atomic mass is 32.2. The van der Waals surface area contributed by atoms with Crippen LogP contribution in [-0.2, 0) is 4.79 Å². The molecule has 0 bridgehead atoms. The van der Waals surface area contributed by atoms with Crippen molar-refractivity contribution in [1.82, 2.24) is 14.5 Å². The van der Waals surface area contributed by atoms with Crippen LogP contribution in [0.15, 0.2) is 64.5 Å². The first-order valence-corrected chi connectivity index (χ1v) is 10.3. The Labute approximate surface area is 173 Å². The molecule has 0 aliphatic heterocycles. The maximum Gasteiger partial charge on any atom is 0.262 e. The molecule has 0 aliphatic carbocycles. The van der Waals surface area contributed by atoms with Gasteiger partial charge in [0.1, 0.15) is 0 Å². The maximum absolute atomic E-state index is 13.3. The van der Waals surface area contributed by atoms with Gasteiger partial charge in [-0.15, -0.1) is 0 Å². The Kier molecular flexibility index (Phi) is 6.68. The monoisotopic (exact) mass is 406 g/mol. The minimum Gasteiger partial charge on any atom is -0.344 e. The summed E-state index contributed by atoms with van der Waals surface area (Å²) in [6.07, 6.45) is 0.289. The zero-order valence-electron chi connectivity index (χ0n) is 16.4. The number of hydrogen-bond acceptors (Lipinski definition) is 5. The third kappa shape index (κ3) is 4.66. The average Bonchev–Trinajstić information content (AvgIpc) is 2.76. The summed E-state index contributed by atoms with van der Waals surface area (Å²) in [5.41, 5.74) is 1.48. The summed E-state index contributed by atoms with van der Waals surface area (Å²) in [7, 11) is 1.67. The van der Waals surface area contributed by atoms with E-state index in [0.29, 0.717) is 22.6 Å². The molecule has 0 N–H and O–H groups in total. The first kappa shape index (κ1) is 20.6. The Balaban J connectivity index is 1.98. The predicted octanol–water partition coefficient (Wildman–Crippen LogP) is 3.47. The molecule has 29 heavy (non-hydrogen) atoms. The number of nitrogens with zero attached hydrogens (tertiary/aromatic N) is 4. The lowest BCUT2D eigenvalue weighted by Crippen LogP contribution is -2.30. The van der Waals surface area contributed by atoms with Crippen molar-refractivity contribution in [2.75, 3.05) is 19.3 Å². The van der Waals surface area contributed by atoms with Gasteiger partial charge in [0, 0.05) is 13.6 Å². The first-order chi connectivity index (χ1) is 14.0. The molecule has 0 saturated heterocycles. The van der Waals surface area contributed by atoms with E-state index in [1.54, 1.807) is 23.7 Å². The van der Waals surface area contributed by atoms with Crippen molar-refractivity contribution in [3.05, 3.63) is 70.5 Å². The Hall–Kier alpha value is -3.11. The van der Waals surface area contributed by atoms with Crippen LogP contribution in [0.3, 0.4) is 0 Å². The molecule has 1 heterocycles. The number of benzene rings is 2. The van der Waals surface area contributed by atoms with E-state index in [0.717, 1.165) is 5.56 Å². The Morgan fingerprint density at radius 2 is 1.90 bits per heavy atom. The van der Waals surface area contributed by atoms with Crippen LogP contribution < -0.4 is 5.56 Å². The quantitative estimate of drug-likeness (QED) is 0.443. The van der Waals surface area contributed by atoms with E-state index < -0.39 is 0 Å². The molecule has 0 saturated carbocycles. The van der Waals surface area contributed by atoms with E-state index in [1.165, 1.54) is 16.7 Å². The van der Waals surface area contributed by atoms with E-state index >= 15 is 0 Å². The Morgan fingerprint density at radius 1 is 1.21 bits per heavy atom. The van der Waals surface area contributed by atoms with Crippen molar-refractivity contribution < 1.29 is 4.79 Å². The van der Waals surface area contributed by atoms with Gasteiger partial charge in [-0.2, -0.15) is 5.26 Å². The zero-order chi connectivity index (χ0) is 20.8. The second kappa shape index (κ2) is 9.39. The molecule has 3 aromatic rings. The molecule has 0 fully saturated rings. The molecular formula is C22H22N4O2S. The molecular weight excluding hydrogens is 384 g/mol. The summed E-state index contributed by atoms with van der Waals surface area (Å²) in [5.74, 6) is 0.0420. The lowest BCUT2D eigenvalue weighted by molar-refractivity contribution is -0.127. The molecule has 0 radical (unpaired) electrons. The molecule has 3 rings (SSSR count). The molecule has 0 spiro atoms. The molecule has 0 unspecified atom stereocenters. The third-order valence-corrected chi connectivity index (χ3v) is 5.69. The summed E-state index contributed by atoms with van der Waals surface area (Å²) in [4.78, 5) is 31.9. The Bertz CT molecular complexity index is 1110. The fourth-order valence-electron chi connectivity index (χ4n) is 3.03. The normalized spacial score (nSPS) is 11.8. The number of fused-ring (bicyclic) bond motifs is 1. The number of para-hydroxylation sites is 1. The number of carbonyl (C=O) groups is 1. The summed E-state index contributed by atoms with van der Waals surface area (Å²) >= 11 is 1.25. The van der Waals surface area contributed by atoms with Gasteiger partial charge in [0.05, 0.1) is 35.2 Å². The molecule has 2 aromatic carbocycles. The van der Waals surface area contributed by atoms with Crippen LogP contribution in [0.4, 0.5) is 0 Å². The van der Waals surface area contributed by atoms with Crippen molar-refractivity contribution in [1.29, 1.82) is 5.26 Å². The van der Waals surface area contributed by atoms with Gasteiger partial charge in [0.2, 0.25) is 5.91 Å². The topological polar surface area (TPSA) is 79.0 Å². The summed E-state index contributed by atoms with van der Waals surface area (Å²) in [6.45, 7) is 2.34. The average molecular weight is 407 g/mol. The van der Waals surface area contributed by atoms with Gasteiger partial charge in [-0.05, 0) is 24.6 Å². The third-order valence-electron chi connectivity index (χ3n) is 4.75. The molecule has 1 amide bonds. The number of thioether (sulfide) groups is 1. The molecule has 6 nitrogen and oxygen atoms in total. The van der Waals surface area contributed by atoms with Crippen LogP contribution >= 0.6 is 11.8 Å². The number of amides is 1.